The normalized spacial score (nSPS) is 10.6. The second kappa shape index (κ2) is 5.42. The Morgan fingerprint density at radius 2 is 1.84 bits per heavy atom. The largest absolute Gasteiger partial charge is 0.339 e. The summed E-state index contributed by atoms with van der Waals surface area (Å²) in [4.78, 5) is 8.21. The third kappa shape index (κ3) is 2.87. The van der Waals surface area contributed by atoms with Crippen molar-refractivity contribution >= 4 is 60.8 Å². The molecule has 0 spiro atoms. The van der Waals surface area contributed by atoms with Crippen LogP contribution in [0.4, 0.5) is 11.5 Å². The van der Waals surface area contributed by atoms with Gasteiger partial charge >= 0.3 is 0 Å². The van der Waals surface area contributed by atoms with E-state index in [1.165, 1.54) is 10.8 Å². The molecule has 0 saturated heterocycles. The second-order valence-electron chi connectivity index (χ2n) is 4.05. The molecule has 0 bridgehead atoms. The summed E-state index contributed by atoms with van der Waals surface area (Å²) in [6, 6.07) is 12.5. The Morgan fingerprint density at radius 1 is 1.05 bits per heavy atom. The van der Waals surface area contributed by atoms with Gasteiger partial charge < -0.3 is 5.32 Å². The van der Waals surface area contributed by atoms with Gasteiger partial charge in [0.25, 0.3) is 0 Å². The summed E-state index contributed by atoms with van der Waals surface area (Å²) in [7, 11) is 0. The van der Waals surface area contributed by atoms with Gasteiger partial charge in [-0.25, -0.2) is 9.97 Å². The molecular weight excluding hydrogens is 417 g/mol. The van der Waals surface area contributed by atoms with E-state index >= 15 is 0 Å². The average Bonchev–Trinajstić information content (AvgIpc) is 2.41. The van der Waals surface area contributed by atoms with Crippen LogP contribution in [-0.2, 0) is 0 Å². The van der Waals surface area contributed by atoms with Gasteiger partial charge in [0.05, 0.1) is 3.57 Å². The van der Waals surface area contributed by atoms with Crippen LogP contribution in [0.1, 0.15) is 0 Å². The molecule has 3 aromatic rings. The fraction of sp³-hybridized carbons (Fsp3) is 0. The van der Waals surface area contributed by atoms with Crippen LogP contribution < -0.4 is 5.32 Å². The molecule has 0 radical (unpaired) electrons. The second-order valence-corrected chi connectivity index (χ2v) is 6.13. The topological polar surface area (TPSA) is 37.8 Å². The Bertz CT molecular complexity index is 746. The van der Waals surface area contributed by atoms with Gasteiger partial charge in [-0.2, -0.15) is 0 Å². The maximum Gasteiger partial charge on any atom is 0.147 e. The molecule has 1 heterocycles. The summed E-state index contributed by atoms with van der Waals surface area (Å²) >= 11 is 5.70. The molecular formula is C14H9BrIN3. The van der Waals surface area contributed by atoms with E-state index in [0.717, 1.165) is 19.5 Å². The highest BCUT2D eigenvalue weighted by molar-refractivity contribution is 14.1. The van der Waals surface area contributed by atoms with Crippen LogP contribution in [0.5, 0.6) is 0 Å². The Hall–Kier alpha value is -1.21. The van der Waals surface area contributed by atoms with Crippen molar-refractivity contribution in [1.29, 1.82) is 0 Å². The summed E-state index contributed by atoms with van der Waals surface area (Å²) < 4.78 is 2.09. The first kappa shape index (κ1) is 12.8. The maximum absolute atomic E-state index is 4.23. The first-order valence-electron chi connectivity index (χ1n) is 5.64. The van der Waals surface area contributed by atoms with E-state index in [9.17, 15) is 0 Å². The van der Waals surface area contributed by atoms with Gasteiger partial charge in [-0.3, -0.25) is 0 Å². The number of benzene rings is 2. The van der Waals surface area contributed by atoms with E-state index in [4.69, 9.17) is 0 Å². The molecule has 1 aromatic heterocycles. The monoisotopic (exact) mass is 425 g/mol. The number of halogens is 2. The fourth-order valence-electron chi connectivity index (χ4n) is 1.84. The predicted octanol–water partition coefficient (Wildman–Crippen LogP) is 4.74. The van der Waals surface area contributed by atoms with Crippen molar-refractivity contribution in [2.75, 3.05) is 5.32 Å². The number of hydrogen-bond donors (Lipinski definition) is 1. The van der Waals surface area contributed by atoms with E-state index in [2.05, 4.69) is 78.1 Å². The van der Waals surface area contributed by atoms with Crippen molar-refractivity contribution in [2.45, 2.75) is 0 Å². The van der Waals surface area contributed by atoms with Crippen molar-refractivity contribution in [3.8, 4) is 0 Å². The first-order valence-corrected chi connectivity index (χ1v) is 7.51. The molecule has 0 fully saturated rings. The summed E-state index contributed by atoms with van der Waals surface area (Å²) in [5.74, 6) is 0.826. The van der Waals surface area contributed by atoms with Crippen molar-refractivity contribution in [3.63, 3.8) is 0 Å². The van der Waals surface area contributed by atoms with Crippen LogP contribution >= 0.6 is 38.5 Å². The van der Waals surface area contributed by atoms with Crippen LogP contribution in [0.25, 0.3) is 10.8 Å². The number of fused-ring (bicyclic) bond motifs is 1. The third-order valence-electron chi connectivity index (χ3n) is 2.73. The summed E-state index contributed by atoms with van der Waals surface area (Å²) in [6.07, 6.45) is 3.33. The van der Waals surface area contributed by atoms with Crippen molar-refractivity contribution in [3.05, 3.63) is 57.0 Å². The smallest absolute Gasteiger partial charge is 0.147 e. The third-order valence-corrected chi connectivity index (χ3v) is 4.02. The number of nitrogens with one attached hydrogen (secondary N) is 1. The van der Waals surface area contributed by atoms with Gasteiger partial charge in [-0.1, -0.05) is 28.1 Å². The summed E-state index contributed by atoms with van der Waals surface area (Å²) in [5.41, 5.74) is 1.02. The maximum atomic E-state index is 4.23. The van der Waals surface area contributed by atoms with Crippen LogP contribution in [0.2, 0.25) is 0 Å². The fourth-order valence-corrected chi connectivity index (χ4v) is 2.65. The highest BCUT2D eigenvalue weighted by atomic mass is 127. The average molecular weight is 426 g/mol. The predicted molar refractivity (Wildman–Crippen MR) is 89.7 cm³/mol. The highest BCUT2D eigenvalue weighted by Gasteiger charge is 2.02. The highest BCUT2D eigenvalue weighted by Crippen LogP contribution is 2.25. The molecule has 0 atom stereocenters. The molecule has 0 unspecified atom stereocenters. The zero-order valence-electron chi connectivity index (χ0n) is 9.77. The minimum atomic E-state index is 0.826. The Labute approximate surface area is 132 Å². The lowest BCUT2D eigenvalue weighted by Crippen LogP contribution is -1.96. The Kier molecular flexibility index (Phi) is 3.65. The molecule has 19 heavy (non-hydrogen) atoms. The standard InChI is InChI=1S/C14H9BrIN3/c15-11-3-1-10-6-12(4-2-9(10)5-11)19-14-13(16)7-17-8-18-14/h1-8H,(H,17,18,19). The molecule has 3 rings (SSSR count). The quantitative estimate of drug-likeness (QED) is 0.602. The number of nitrogens with zero attached hydrogens (tertiary/aromatic N) is 2. The van der Waals surface area contributed by atoms with E-state index < -0.39 is 0 Å². The lowest BCUT2D eigenvalue weighted by atomic mass is 10.1. The van der Waals surface area contributed by atoms with Crippen molar-refractivity contribution < 1.29 is 0 Å². The molecule has 5 heteroatoms. The SMILES string of the molecule is Brc1ccc2cc(Nc3ncncc3I)ccc2c1. The minimum absolute atomic E-state index is 0.826. The molecule has 2 aromatic carbocycles. The zero-order chi connectivity index (χ0) is 13.2. The molecule has 0 aliphatic rings. The van der Waals surface area contributed by atoms with Gasteiger partial charge in [0.15, 0.2) is 0 Å². The molecule has 0 aliphatic carbocycles. The van der Waals surface area contributed by atoms with Gasteiger partial charge in [-0.15, -0.1) is 0 Å². The van der Waals surface area contributed by atoms with E-state index in [1.807, 2.05) is 12.1 Å². The summed E-state index contributed by atoms with van der Waals surface area (Å²) in [5, 5.41) is 5.71. The van der Waals surface area contributed by atoms with E-state index in [0.29, 0.717) is 0 Å². The minimum Gasteiger partial charge on any atom is -0.339 e. The van der Waals surface area contributed by atoms with Gasteiger partial charge in [-0.05, 0) is 57.6 Å². The lowest BCUT2D eigenvalue weighted by molar-refractivity contribution is 1.15. The zero-order valence-corrected chi connectivity index (χ0v) is 13.5. The number of anilines is 2. The molecule has 1 N–H and O–H groups in total. The van der Waals surface area contributed by atoms with Crippen LogP contribution in [0.3, 0.4) is 0 Å². The van der Waals surface area contributed by atoms with Crippen molar-refractivity contribution in [2.24, 2.45) is 0 Å². The molecule has 0 aliphatic heterocycles. The van der Waals surface area contributed by atoms with E-state index in [-0.39, 0.29) is 0 Å². The van der Waals surface area contributed by atoms with Crippen LogP contribution in [-0.4, -0.2) is 9.97 Å². The molecule has 94 valence electrons. The van der Waals surface area contributed by atoms with Crippen LogP contribution in [0.15, 0.2) is 53.4 Å². The van der Waals surface area contributed by atoms with E-state index in [1.54, 1.807) is 12.5 Å². The molecule has 0 saturated carbocycles. The van der Waals surface area contributed by atoms with Gasteiger partial charge in [0.2, 0.25) is 0 Å². The van der Waals surface area contributed by atoms with Crippen molar-refractivity contribution in [1.82, 2.24) is 9.97 Å². The Morgan fingerprint density at radius 3 is 2.68 bits per heavy atom. The van der Waals surface area contributed by atoms with Crippen LogP contribution in [0, 0.1) is 3.57 Å². The number of rotatable bonds is 2. The lowest BCUT2D eigenvalue weighted by Gasteiger charge is -2.08. The number of hydrogen-bond acceptors (Lipinski definition) is 3. The summed E-state index contributed by atoms with van der Waals surface area (Å²) in [6.45, 7) is 0. The van der Waals surface area contributed by atoms with Gasteiger partial charge in [0.1, 0.15) is 12.1 Å². The van der Waals surface area contributed by atoms with Gasteiger partial charge in [0, 0.05) is 16.4 Å². The Balaban J connectivity index is 1.98. The molecule has 0 amide bonds. The molecule has 3 nitrogen and oxygen atoms in total. The first-order chi connectivity index (χ1) is 9.22. The number of aromatic nitrogens is 2.